The average molecular weight is 362 g/mol. The molecule has 1 aliphatic heterocycles. The zero-order valence-corrected chi connectivity index (χ0v) is 15.1. The third-order valence-corrected chi connectivity index (χ3v) is 4.64. The highest BCUT2D eigenvalue weighted by atomic mass is 35.5. The number of primary amides is 1. The summed E-state index contributed by atoms with van der Waals surface area (Å²) in [5.41, 5.74) is 7.58. The monoisotopic (exact) mass is 361 g/mol. The van der Waals surface area contributed by atoms with Crippen molar-refractivity contribution in [3.63, 3.8) is 0 Å². The third-order valence-electron chi connectivity index (χ3n) is 4.32. The Hall–Kier alpha value is -2.40. The SMILES string of the molecule is COc1cc(-c2ccc3c(c2)OCC(C)(C)C3OC(N)=O)ccc1Cl. The molecule has 0 aromatic heterocycles. The van der Waals surface area contributed by atoms with E-state index in [-0.39, 0.29) is 5.41 Å². The summed E-state index contributed by atoms with van der Waals surface area (Å²) in [4.78, 5) is 11.3. The van der Waals surface area contributed by atoms with Crippen LogP contribution in [0.1, 0.15) is 25.5 Å². The molecule has 3 rings (SSSR count). The van der Waals surface area contributed by atoms with Gasteiger partial charge in [-0.25, -0.2) is 4.79 Å². The third kappa shape index (κ3) is 3.37. The number of fused-ring (bicyclic) bond motifs is 1. The second-order valence-corrected chi connectivity index (χ2v) is 7.10. The molecule has 0 bridgehead atoms. The molecule has 0 saturated carbocycles. The van der Waals surface area contributed by atoms with Gasteiger partial charge in [0.25, 0.3) is 0 Å². The van der Waals surface area contributed by atoms with Gasteiger partial charge in [-0.15, -0.1) is 0 Å². The molecule has 0 fully saturated rings. The normalized spacial score (nSPS) is 18.0. The number of hydrogen-bond acceptors (Lipinski definition) is 4. The summed E-state index contributed by atoms with van der Waals surface area (Å²) in [6.45, 7) is 4.37. The molecule has 1 heterocycles. The Balaban J connectivity index is 2.01. The predicted octanol–water partition coefficient (Wildman–Crippen LogP) is 4.57. The van der Waals surface area contributed by atoms with Gasteiger partial charge >= 0.3 is 6.09 Å². The van der Waals surface area contributed by atoms with Gasteiger partial charge in [-0.2, -0.15) is 0 Å². The van der Waals surface area contributed by atoms with Gasteiger partial charge in [0.2, 0.25) is 0 Å². The number of halogens is 1. The predicted molar refractivity (Wildman–Crippen MR) is 96.1 cm³/mol. The van der Waals surface area contributed by atoms with Crippen LogP contribution in [0.5, 0.6) is 11.5 Å². The van der Waals surface area contributed by atoms with Crippen molar-refractivity contribution in [1.82, 2.24) is 0 Å². The molecule has 2 N–H and O–H groups in total. The van der Waals surface area contributed by atoms with E-state index in [0.717, 1.165) is 16.7 Å². The van der Waals surface area contributed by atoms with E-state index in [1.165, 1.54) is 0 Å². The van der Waals surface area contributed by atoms with E-state index in [9.17, 15) is 4.79 Å². The van der Waals surface area contributed by atoms with Crippen molar-refractivity contribution in [3.05, 3.63) is 47.0 Å². The standard InChI is InChI=1S/C19H20ClNO4/c1-19(2)10-24-15-8-11(4-6-13(15)17(19)25-18(21)22)12-5-7-14(20)16(9-12)23-3/h4-9,17H,10H2,1-3H3,(H2,21,22). The van der Waals surface area contributed by atoms with E-state index in [2.05, 4.69) is 0 Å². The Morgan fingerprint density at radius 3 is 2.60 bits per heavy atom. The highest BCUT2D eigenvalue weighted by Gasteiger charge is 2.40. The van der Waals surface area contributed by atoms with Crippen molar-refractivity contribution in [2.24, 2.45) is 11.1 Å². The van der Waals surface area contributed by atoms with Crippen molar-refractivity contribution in [2.45, 2.75) is 20.0 Å². The molecule has 6 heteroatoms. The van der Waals surface area contributed by atoms with Crippen LogP contribution in [0.25, 0.3) is 11.1 Å². The molecule has 0 saturated heterocycles. The molecule has 25 heavy (non-hydrogen) atoms. The first-order chi connectivity index (χ1) is 11.8. The van der Waals surface area contributed by atoms with Gasteiger partial charge in [0.15, 0.2) is 0 Å². The molecule has 0 aliphatic carbocycles. The van der Waals surface area contributed by atoms with Crippen LogP contribution in [0.2, 0.25) is 5.02 Å². The Labute approximate surface area is 151 Å². The van der Waals surface area contributed by atoms with E-state index in [1.54, 1.807) is 13.2 Å². The maximum Gasteiger partial charge on any atom is 0.405 e. The Kier molecular flexibility index (Phi) is 4.52. The number of amides is 1. The van der Waals surface area contributed by atoms with Crippen molar-refractivity contribution in [1.29, 1.82) is 0 Å². The molecule has 1 unspecified atom stereocenters. The van der Waals surface area contributed by atoms with Gasteiger partial charge in [0.05, 0.1) is 18.7 Å². The summed E-state index contributed by atoms with van der Waals surface area (Å²) in [6.07, 6.45) is -1.25. The first-order valence-corrected chi connectivity index (χ1v) is 8.26. The number of rotatable bonds is 3. The van der Waals surface area contributed by atoms with E-state index < -0.39 is 12.2 Å². The minimum atomic E-state index is -0.794. The zero-order valence-electron chi connectivity index (χ0n) is 14.3. The van der Waals surface area contributed by atoms with Crippen molar-refractivity contribution < 1.29 is 19.0 Å². The van der Waals surface area contributed by atoms with Gasteiger partial charge in [-0.3, -0.25) is 0 Å². The van der Waals surface area contributed by atoms with Gasteiger partial charge in [-0.1, -0.05) is 43.6 Å². The lowest BCUT2D eigenvalue weighted by atomic mass is 9.80. The Morgan fingerprint density at radius 1 is 1.24 bits per heavy atom. The van der Waals surface area contributed by atoms with Crippen molar-refractivity contribution >= 4 is 17.7 Å². The van der Waals surface area contributed by atoms with E-state index in [1.807, 2.05) is 44.2 Å². The molecule has 1 atom stereocenters. The van der Waals surface area contributed by atoms with E-state index >= 15 is 0 Å². The minimum Gasteiger partial charge on any atom is -0.495 e. The zero-order chi connectivity index (χ0) is 18.2. The molecule has 2 aromatic rings. The number of ether oxygens (including phenoxy) is 3. The quantitative estimate of drug-likeness (QED) is 0.869. The summed E-state index contributed by atoms with van der Waals surface area (Å²) in [6, 6.07) is 11.3. The minimum absolute atomic E-state index is 0.368. The summed E-state index contributed by atoms with van der Waals surface area (Å²) in [5, 5.41) is 0.553. The van der Waals surface area contributed by atoms with Crippen LogP contribution >= 0.6 is 11.6 Å². The van der Waals surface area contributed by atoms with Gasteiger partial charge < -0.3 is 19.9 Å². The van der Waals surface area contributed by atoms with Crippen LogP contribution in [-0.4, -0.2) is 19.8 Å². The average Bonchev–Trinajstić information content (AvgIpc) is 2.57. The molecule has 0 spiro atoms. The lowest BCUT2D eigenvalue weighted by Gasteiger charge is -2.38. The number of benzene rings is 2. The van der Waals surface area contributed by atoms with E-state index in [4.69, 9.17) is 31.5 Å². The van der Waals surface area contributed by atoms with Gasteiger partial charge in [0, 0.05) is 11.0 Å². The molecular formula is C19H20ClNO4. The van der Waals surface area contributed by atoms with E-state index in [0.29, 0.717) is 23.1 Å². The first kappa shape index (κ1) is 17.4. The molecule has 0 radical (unpaired) electrons. The number of nitrogens with two attached hydrogens (primary N) is 1. The topological polar surface area (TPSA) is 70.8 Å². The molecule has 132 valence electrons. The smallest absolute Gasteiger partial charge is 0.405 e. The van der Waals surface area contributed by atoms with Gasteiger partial charge in [0.1, 0.15) is 17.6 Å². The Morgan fingerprint density at radius 2 is 1.92 bits per heavy atom. The van der Waals surface area contributed by atoms with Crippen LogP contribution in [0.15, 0.2) is 36.4 Å². The second-order valence-electron chi connectivity index (χ2n) is 6.70. The van der Waals surface area contributed by atoms with Crippen LogP contribution < -0.4 is 15.2 Å². The molecular weight excluding hydrogens is 342 g/mol. The highest BCUT2D eigenvalue weighted by molar-refractivity contribution is 6.32. The summed E-state index contributed by atoms with van der Waals surface area (Å²) in [7, 11) is 1.58. The number of carbonyl (C=O) groups excluding carboxylic acids is 1. The molecule has 5 nitrogen and oxygen atoms in total. The van der Waals surface area contributed by atoms with Crippen LogP contribution in [0, 0.1) is 5.41 Å². The number of hydrogen-bond donors (Lipinski definition) is 1. The summed E-state index contributed by atoms with van der Waals surface area (Å²) >= 11 is 6.09. The molecule has 2 aromatic carbocycles. The maximum atomic E-state index is 11.3. The maximum absolute atomic E-state index is 11.3. The molecule has 1 aliphatic rings. The molecule has 1 amide bonds. The second kappa shape index (κ2) is 6.48. The number of carbonyl (C=O) groups is 1. The van der Waals surface area contributed by atoms with Crippen LogP contribution in [0.3, 0.4) is 0 Å². The van der Waals surface area contributed by atoms with Crippen LogP contribution in [-0.2, 0) is 4.74 Å². The van der Waals surface area contributed by atoms with Crippen LogP contribution in [0.4, 0.5) is 4.79 Å². The fraction of sp³-hybridized carbons (Fsp3) is 0.316. The highest BCUT2D eigenvalue weighted by Crippen LogP contribution is 2.46. The van der Waals surface area contributed by atoms with Crippen molar-refractivity contribution in [3.8, 4) is 22.6 Å². The lowest BCUT2D eigenvalue weighted by Crippen LogP contribution is -2.37. The summed E-state index contributed by atoms with van der Waals surface area (Å²) < 4.78 is 16.5. The fourth-order valence-corrected chi connectivity index (χ4v) is 3.19. The van der Waals surface area contributed by atoms with Gasteiger partial charge in [-0.05, 0) is 29.3 Å². The Bertz CT molecular complexity index is 819. The lowest BCUT2D eigenvalue weighted by molar-refractivity contribution is -0.0176. The first-order valence-electron chi connectivity index (χ1n) is 7.88. The van der Waals surface area contributed by atoms with Crippen molar-refractivity contribution in [2.75, 3.05) is 13.7 Å². The largest absolute Gasteiger partial charge is 0.495 e. The summed E-state index contributed by atoms with van der Waals surface area (Å²) in [5.74, 6) is 1.28. The number of methoxy groups -OCH3 is 1. The fourth-order valence-electron chi connectivity index (χ4n) is 2.99.